The lowest BCUT2D eigenvalue weighted by Crippen LogP contribution is -2.21. The molecular formula is C16H12Cl3FINO2. The molecule has 0 spiro atoms. The van der Waals surface area contributed by atoms with Crippen LogP contribution in [0.25, 0.3) is 0 Å². The number of anilines is 1. The third-order valence-corrected chi connectivity index (χ3v) is 5.42. The average Bonchev–Trinajstić information content (AvgIpc) is 2.53. The van der Waals surface area contributed by atoms with Crippen molar-refractivity contribution in [3.8, 4) is 5.75 Å². The fourth-order valence-corrected chi connectivity index (χ4v) is 3.23. The quantitative estimate of drug-likeness (QED) is 0.519. The highest BCUT2D eigenvalue weighted by Crippen LogP contribution is 2.42. The summed E-state index contributed by atoms with van der Waals surface area (Å²) >= 11 is 20.4. The van der Waals surface area contributed by atoms with Gasteiger partial charge in [0.15, 0.2) is 12.4 Å². The summed E-state index contributed by atoms with van der Waals surface area (Å²) < 4.78 is 19.9. The van der Waals surface area contributed by atoms with E-state index in [4.69, 9.17) is 39.5 Å². The zero-order valence-corrected chi connectivity index (χ0v) is 17.1. The first-order valence-electron chi connectivity index (χ1n) is 6.73. The highest BCUT2D eigenvalue weighted by molar-refractivity contribution is 14.1. The number of halogens is 5. The predicted octanol–water partition coefficient (Wildman–Crippen LogP) is 6.02. The van der Waals surface area contributed by atoms with Crippen molar-refractivity contribution in [3.63, 3.8) is 0 Å². The van der Waals surface area contributed by atoms with E-state index in [2.05, 4.69) is 5.32 Å². The molecule has 1 amide bonds. The van der Waals surface area contributed by atoms with Crippen LogP contribution in [0.1, 0.15) is 11.1 Å². The van der Waals surface area contributed by atoms with Gasteiger partial charge in [-0.3, -0.25) is 4.79 Å². The fourth-order valence-electron chi connectivity index (χ4n) is 1.95. The number of ether oxygens (including phenoxy) is 1. The Morgan fingerprint density at radius 3 is 2.29 bits per heavy atom. The number of benzene rings is 2. The largest absolute Gasteiger partial charge is 0.481 e. The Balaban J connectivity index is 2.12. The van der Waals surface area contributed by atoms with Crippen molar-refractivity contribution >= 4 is 69.0 Å². The van der Waals surface area contributed by atoms with Crippen LogP contribution in [-0.2, 0) is 4.79 Å². The molecule has 2 aromatic carbocycles. The van der Waals surface area contributed by atoms with Gasteiger partial charge in [-0.2, -0.15) is 0 Å². The van der Waals surface area contributed by atoms with Gasteiger partial charge in [-0.15, -0.1) is 0 Å². The first-order valence-corrected chi connectivity index (χ1v) is 8.95. The van der Waals surface area contributed by atoms with Crippen LogP contribution in [0.15, 0.2) is 18.2 Å². The average molecular weight is 503 g/mol. The summed E-state index contributed by atoms with van der Waals surface area (Å²) in [7, 11) is 0. The number of carbonyl (C=O) groups excluding carboxylic acids is 1. The summed E-state index contributed by atoms with van der Waals surface area (Å²) in [5.74, 6) is -0.882. The van der Waals surface area contributed by atoms with Gasteiger partial charge in [0, 0.05) is 8.59 Å². The van der Waals surface area contributed by atoms with E-state index in [1.54, 1.807) is 19.9 Å². The number of hydrogen-bond donors (Lipinski definition) is 1. The van der Waals surface area contributed by atoms with E-state index < -0.39 is 11.7 Å². The Labute approximate surface area is 167 Å². The second kappa shape index (κ2) is 8.08. The second-order valence-electron chi connectivity index (χ2n) is 4.98. The smallest absolute Gasteiger partial charge is 0.262 e. The number of nitrogens with one attached hydrogen (secondary N) is 1. The molecule has 0 aliphatic heterocycles. The topological polar surface area (TPSA) is 38.3 Å². The van der Waals surface area contributed by atoms with Crippen LogP contribution in [-0.4, -0.2) is 12.5 Å². The molecule has 0 aliphatic carbocycles. The normalized spacial score (nSPS) is 10.6. The van der Waals surface area contributed by atoms with Gasteiger partial charge in [0.1, 0.15) is 5.82 Å². The maximum atomic E-state index is 13.7. The van der Waals surface area contributed by atoms with Gasteiger partial charge in [0.2, 0.25) is 0 Å². The van der Waals surface area contributed by atoms with Crippen molar-refractivity contribution in [2.75, 3.05) is 11.9 Å². The monoisotopic (exact) mass is 501 g/mol. The van der Waals surface area contributed by atoms with E-state index in [0.717, 1.165) is 3.57 Å². The first-order chi connectivity index (χ1) is 11.2. The summed E-state index contributed by atoms with van der Waals surface area (Å²) in [4.78, 5) is 12.0. The van der Waals surface area contributed by atoms with Crippen molar-refractivity contribution in [1.82, 2.24) is 0 Å². The third kappa shape index (κ3) is 4.25. The van der Waals surface area contributed by atoms with Crippen molar-refractivity contribution < 1.29 is 13.9 Å². The minimum absolute atomic E-state index is 0.0738. The van der Waals surface area contributed by atoms with E-state index in [-0.39, 0.29) is 28.1 Å². The maximum absolute atomic E-state index is 13.7. The van der Waals surface area contributed by atoms with E-state index in [9.17, 15) is 9.18 Å². The predicted molar refractivity (Wildman–Crippen MR) is 104 cm³/mol. The molecule has 0 saturated heterocycles. The third-order valence-electron chi connectivity index (χ3n) is 3.27. The molecule has 3 nitrogen and oxygen atoms in total. The van der Waals surface area contributed by atoms with Crippen molar-refractivity contribution in [2.24, 2.45) is 0 Å². The van der Waals surface area contributed by atoms with Crippen LogP contribution >= 0.6 is 57.4 Å². The number of amides is 1. The van der Waals surface area contributed by atoms with Crippen LogP contribution in [0.4, 0.5) is 10.1 Å². The summed E-state index contributed by atoms with van der Waals surface area (Å²) in [5, 5.41) is 3.36. The van der Waals surface area contributed by atoms with Gasteiger partial charge in [0.05, 0.1) is 15.7 Å². The number of rotatable bonds is 4. The number of carbonyl (C=O) groups is 1. The molecule has 0 aromatic heterocycles. The van der Waals surface area contributed by atoms with Crippen LogP contribution < -0.4 is 10.1 Å². The van der Waals surface area contributed by atoms with Crippen LogP contribution in [0.5, 0.6) is 5.75 Å². The summed E-state index contributed by atoms with van der Waals surface area (Å²) in [6.45, 7) is 3.08. The summed E-state index contributed by atoms with van der Waals surface area (Å²) in [6.07, 6.45) is 0. The zero-order valence-electron chi connectivity index (χ0n) is 12.6. The minimum Gasteiger partial charge on any atom is -0.481 e. The van der Waals surface area contributed by atoms with E-state index in [1.807, 2.05) is 22.6 Å². The Hall–Kier alpha value is -0.760. The van der Waals surface area contributed by atoms with Gasteiger partial charge in [-0.25, -0.2) is 4.39 Å². The van der Waals surface area contributed by atoms with Gasteiger partial charge < -0.3 is 10.1 Å². The minimum atomic E-state index is -0.535. The molecule has 0 aliphatic rings. The van der Waals surface area contributed by atoms with Gasteiger partial charge in [-0.05, 0) is 65.8 Å². The highest BCUT2D eigenvalue weighted by Gasteiger charge is 2.19. The van der Waals surface area contributed by atoms with Crippen molar-refractivity contribution in [1.29, 1.82) is 0 Å². The maximum Gasteiger partial charge on any atom is 0.262 e. The van der Waals surface area contributed by atoms with Crippen LogP contribution in [0, 0.1) is 23.2 Å². The molecule has 0 atom stereocenters. The second-order valence-corrected chi connectivity index (χ2v) is 7.36. The van der Waals surface area contributed by atoms with Crippen molar-refractivity contribution in [2.45, 2.75) is 13.8 Å². The zero-order chi connectivity index (χ0) is 18.0. The Morgan fingerprint density at radius 1 is 1.17 bits per heavy atom. The highest BCUT2D eigenvalue weighted by atomic mass is 127. The van der Waals surface area contributed by atoms with E-state index in [0.29, 0.717) is 16.1 Å². The molecule has 2 aromatic rings. The molecule has 0 unspecified atom stereocenters. The number of hydrogen-bond acceptors (Lipinski definition) is 2. The Bertz CT molecular complexity index is 785. The molecule has 128 valence electrons. The first kappa shape index (κ1) is 19.6. The molecule has 0 saturated carbocycles. The lowest BCUT2D eigenvalue weighted by atomic mass is 10.1. The van der Waals surface area contributed by atoms with Gasteiger partial charge in [-0.1, -0.05) is 34.8 Å². The van der Waals surface area contributed by atoms with E-state index >= 15 is 0 Å². The van der Waals surface area contributed by atoms with Gasteiger partial charge >= 0.3 is 0 Å². The Morgan fingerprint density at radius 2 is 1.75 bits per heavy atom. The van der Waals surface area contributed by atoms with E-state index in [1.165, 1.54) is 12.1 Å². The molecular weight excluding hydrogens is 490 g/mol. The lowest BCUT2D eigenvalue weighted by molar-refractivity contribution is -0.118. The molecule has 24 heavy (non-hydrogen) atoms. The molecule has 0 bridgehead atoms. The standard InChI is InChI=1S/C16H12Cl3FINO2/c1-7-13(17)8(2)15(19)16(14(7)18)24-6-12(23)22-11-4-3-9(21)5-10(11)20/h3-5H,6H2,1-2H3,(H,22,23). The molecule has 0 fully saturated rings. The lowest BCUT2D eigenvalue weighted by Gasteiger charge is -2.15. The molecule has 2 rings (SSSR count). The van der Waals surface area contributed by atoms with Crippen molar-refractivity contribution in [3.05, 3.63) is 53.8 Å². The Kier molecular flexibility index (Phi) is 6.59. The molecule has 0 radical (unpaired) electrons. The fraction of sp³-hybridized carbons (Fsp3) is 0.188. The molecule has 0 heterocycles. The summed E-state index contributed by atoms with van der Waals surface area (Å²) in [6, 6.07) is 4.47. The van der Waals surface area contributed by atoms with Crippen LogP contribution in [0.3, 0.4) is 0 Å². The SMILES string of the molecule is Cc1c(Cl)c(C)c(Cl)c(OCC(=O)Nc2ccc(I)cc2F)c1Cl. The molecule has 8 heteroatoms. The molecule has 1 N–H and O–H groups in total. The van der Waals surface area contributed by atoms with Crippen LogP contribution in [0.2, 0.25) is 15.1 Å². The van der Waals surface area contributed by atoms with Gasteiger partial charge in [0.25, 0.3) is 5.91 Å². The summed E-state index contributed by atoms with van der Waals surface area (Å²) in [5.41, 5.74) is 1.29.